The molecule has 0 radical (unpaired) electrons. The van der Waals surface area contributed by atoms with E-state index in [1.54, 1.807) is 12.4 Å². The zero-order valence-electron chi connectivity index (χ0n) is 16.2. The largest absolute Gasteiger partial charge is 0.257 e. The summed E-state index contributed by atoms with van der Waals surface area (Å²) in [5, 5.41) is 2.13. The Kier molecular flexibility index (Phi) is 4.80. The summed E-state index contributed by atoms with van der Waals surface area (Å²) in [4.78, 5) is 18.4. The van der Waals surface area contributed by atoms with Crippen LogP contribution in [0.25, 0.3) is 46.1 Å². The van der Waals surface area contributed by atoms with Crippen molar-refractivity contribution in [1.82, 2.24) is 19.9 Å². The number of nitrogens with zero attached hydrogens (tertiary/aromatic N) is 4. The van der Waals surface area contributed by atoms with Crippen LogP contribution in [0.5, 0.6) is 0 Å². The van der Waals surface area contributed by atoms with Gasteiger partial charge in [0.15, 0.2) is 0 Å². The predicted octanol–water partition coefficient (Wildman–Crippen LogP) is 5.91. The molecule has 0 aliphatic carbocycles. The first-order valence-corrected chi connectivity index (χ1v) is 9.74. The minimum atomic E-state index is 0.872. The summed E-state index contributed by atoms with van der Waals surface area (Å²) >= 11 is 0. The van der Waals surface area contributed by atoms with E-state index in [-0.39, 0.29) is 0 Å². The molecule has 0 aliphatic rings. The Balaban J connectivity index is 1.55. The molecule has 0 N–H and O–H groups in total. The van der Waals surface area contributed by atoms with E-state index in [1.807, 2.05) is 72.8 Å². The van der Waals surface area contributed by atoms with Crippen molar-refractivity contribution in [3.63, 3.8) is 0 Å². The molecule has 0 unspecified atom stereocenters. The van der Waals surface area contributed by atoms with Crippen LogP contribution >= 0.6 is 0 Å². The number of rotatable bonds is 4. The van der Waals surface area contributed by atoms with Gasteiger partial charge in [0.05, 0.1) is 33.8 Å². The molecule has 0 saturated heterocycles. The first-order valence-electron chi connectivity index (χ1n) is 9.74. The first-order chi connectivity index (χ1) is 14.8. The summed E-state index contributed by atoms with van der Waals surface area (Å²) in [5.41, 5.74) is 5.33. The number of pyridine rings is 4. The quantitative estimate of drug-likeness (QED) is 0.360. The van der Waals surface area contributed by atoms with Gasteiger partial charge in [-0.05, 0) is 60.7 Å². The van der Waals surface area contributed by atoms with E-state index in [1.165, 1.54) is 0 Å². The fraction of sp³-hybridized carbons (Fsp3) is 0. The van der Waals surface area contributed by atoms with E-state index in [9.17, 15) is 0 Å². The summed E-state index contributed by atoms with van der Waals surface area (Å²) in [7, 11) is 0. The third kappa shape index (κ3) is 3.84. The smallest absolute Gasteiger partial charge is 0.0972 e. The number of hydrogen-bond acceptors (Lipinski definition) is 4. The van der Waals surface area contributed by atoms with Crippen LogP contribution in [0.15, 0.2) is 85.2 Å². The molecule has 4 heterocycles. The minimum absolute atomic E-state index is 0.872. The molecule has 0 spiro atoms. The second kappa shape index (κ2) is 8.05. The molecule has 4 aromatic heterocycles. The Morgan fingerprint density at radius 2 is 0.867 bits per heavy atom. The highest BCUT2D eigenvalue weighted by Gasteiger charge is 2.05. The van der Waals surface area contributed by atoms with Crippen molar-refractivity contribution < 1.29 is 0 Å². The first kappa shape index (κ1) is 17.9. The number of hydrogen-bond donors (Lipinski definition) is 0. The molecule has 4 nitrogen and oxygen atoms in total. The standard InChI is InChI=1S/C26H18N4/c1-3-17-27-21(5-1)13-15-23-11-9-19-7-8-20-10-12-24(30-26(20)25(19)29-23)16-14-22-6-2-4-18-28-22/h1-18H/b15-13+,16-14+. The van der Waals surface area contributed by atoms with Gasteiger partial charge in [-0.15, -0.1) is 0 Å². The van der Waals surface area contributed by atoms with E-state index in [0.717, 1.165) is 44.6 Å². The van der Waals surface area contributed by atoms with Crippen molar-refractivity contribution >= 4 is 46.1 Å². The van der Waals surface area contributed by atoms with E-state index < -0.39 is 0 Å². The Morgan fingerprint density at radius 1 is 0.433 bits per heavy atom. The van der Waals surface area contributed by atoms with Gasteiger partial charge in [0.25, 0.3) is 0 Å². The molecule has 1 aromatic carbocycles. The van der Waals surface area contributed by atoms with Crippen LogP contribution < -0.4 is 0 Å². The van der Waals surface area contributed by atoms with E-state index in [0.29, 0.717) is 0 Å². The Bertz CT molecular complexity index is 1270. The molecule has 5 rings (SSSR count). The van der Waals surface area contributed by atoms with Gasteiger partial charge in [0.1, 0.15) is 0 Å². The fourth-order valence-corrected chi connectivity index (χ4v) is 3.27. The lowest BCUT2D eigenvalue weighted by Gasteiger charge is -2.05. The number of aromatic nitrogens is 4. The van der Waals surface area contributed by atoms with Crippen LogP contribution in [0.3, 0.4) is 0 Å². The summed E-state index contributed by atoms with van der Waals surface area (Å²) in [5.74, 6) is 0. The van der Waals surface area contributed by atoms with Crippen molar-refractivity contribution in [2.75, 3.05) is 0 Å². The monoisotopic (exact) mass is 386 g/mol. The average molecular weight is 386 g/mol. The van der Waals surface area contributed by atoms with Gasteiger partial charge >= 0.3 is 0 Å². The van der Waals surface area contributed by atoms with Gasteiger partial charge in [-0.25, -0.2) is 9.97 Å². The summed E-state index contributed by atoms with van der Waals surface area (Å²) in [6.45, 7) is 0. The third-order valence-electron chi connectivity index (χ3n) is 4.79. The molecular weight excluding hydrogens is 368 g/mol. The normalized spacial score (nSPS) is 11.7. The lowest BCUT2D eigenvalue weighted by Crippen LogP contribution is -1.90. The summed E-state index contributed by atoms with van der Waals surface area (Å²) < 4.78 is 0. The van der Waals surface area contributed by atoms with E-state index in [4.69, 9.17) is 9.97 Å². The molecular formula is C26H18N4. The number of fused-ring (bicyclic) bond motifs is 3. The molecule has 0 amide bonds. The Morgan fingerprint density at radius 3 is 1.30 bits per heavy atom. The molecule has 0 aliphatic heterocycles. The molecule has 0 fully saturated rings. The van der Waals surface area contributed by atoms with Crippen LogP contribution in [0.4, 0.5) is 0 Å². The Labute approximate surface area is 174 Å². The summed E-state index contributed by atoms with van der Waals surface area (Å²) in [6, 6.07) is 24.0. The maximum atomic E-state index is 4.86. The molecule has 5 aromatic rings. The molecule has 4 heteroatoms. The highest BCUT2D eigenvalue weighted by Crippen LogP contribution is 2.24. The molecule has 142 valence electrons. The van der Waals surface area contributed by atoms with Crippen LogP contribution in [0.1, 0.15) is 22.8 Å². The van der Waals surface area contributed by atoms with Gasteiger partial charge in [-0.2, -0.15) is 0 Å². The van der Waals surface area contributed by atoms with Crippen molar-refractivity contribution in [1.29, 1.82) is 0 Å². The highest BCUT2D eigenvalue weighted by molar-refractivity contribution is 6.03. The van der Waals surface area contributed by atoms with Crippen LogP contribution in [0, 0.1) is 0 Å². The maximum Gasteiger partial charge on any atom is 0.0972 e. The van der Waals surface area contributed by atoms with Crippen LogP contribution in [0.2, 0.25) is 0 Å². The fourth-order valence-electron chi connectivity index (χ4n) is 3.27. The third-order valence-corrected chi connectivity index (χ3v) is 4.79. The van der Waals surface area contributed by atoms with Crippen molar-refractivity contribution in [2.45, 2.75) is 0 Å². The van der Waals surface area contributed by atoms with Gasteiger partial charge in [0, 0.05) is 23.2 Å². The van der Waals surface area contributed by atoms with Crippen LogP contribution in [-0.2, 0) is 0 Å². The van der Waals surface area contributed by atoms with Crippen LogP contribution in [-0.4, -0.2) is 19.9 Å². The molecule has 0 bridgehead atoms. The second-order valence-corrected chi connectivity index (χ2v) is 6.86. The van der Waals surface area contributed by atoms with Crippen molar-refractivity contribution in [2.24, 2.45) is 0 Å². The van der Waals surface area contributed by atoms with Gasteiger partial charge in [-0.3, -0.25) is 9.97 Å². The predicted molar refractivity (Wildman–Crippen MR) is 123 cm³/mol. The number of benzene rings is 1. The lowest BCUT2D eigenvalue weighted by atomic mass is 10.1. The van der Waals surface area contributed by atoms with E-state index >= 15 is 0 Å². The molecule has 0 saturated carbocycles. The van der Waals surface area contributed by atoms with Gasteiger partial charge in [-0.1, -0.05) is 36.4 Å². The Hall–Kier alpha value is -4.18. The molecule has 30 heavy (non-hydrogen) atoms. The molecule has 0 atom stereocenters. The zero-order chi connectivity index (χ0) is 20.2. The second-order valence-electron chi connectivity index (χ2n) is 6.86. The van der Waals surface area contributed by atoms with Gasteiger partial charge < -0.3 is 0 Å². The zero-order valence-corrected chi connectivity index (χ0v) is 16.2. The van der Waals surface area contributed by atoms with E-state index in [2.05, 4.69) is 34.2 Å². The minimum Gasteiger partial charge on any atom is -0.257 e. The van der Waals surface area contributed by atoms with Crippen molar-refractivity contribution in [3.05, 3.63) is 108 Å². The highest BCUT2D eigenvalue weighted by atomic mass is 14.8. The summed E-state index contributed by atoms with van der Waals surface area (Å²) in [6.07, 6.45) is 11.5. The maximum absolute atomic E-state index is 4.86. The van der Waals surface area contributed by atoms with Gasteiger partial charge in [0.2, 0.25) is 0 Å². The SMILES string of the molecule is C(=C\c1ccc2ccc3ccc(/C=C/c4ccccn4)nc3c2n1)/c1ccccn1. The average Bonchev–Trinajstić information content (AvgIpc) is 2.82. The topological polar surface area (TPSA) is 51.6 Å². The lowest BCUT2D eigenvalue weighted by molar-refractivity contribution is 1.29. The van der Waals surface area contributed by atoms with Crippen molar-refractivity contribution in [3.8, 4) is 0 Å².